The summed E-state index contributed by atoms with van der Waals surface area (Å²) in [6.45, 7) is 2.32. The van der Waals surface area contributed by atoms with E-state index in [1.54, 1.807) is 25.0 Å². The molecular formula is C21H22ClNO4. The lowest BCUT2D eigenvalue weighted by molar-refractivity contribution is -0.148. The second-order valence-corrected chi connectivity index (χ2v) is 6.83. The van der Waals surface area contributed by atoms with Crippen molar-refractivity contribution in [2.75, 3.05) is 26.8 Å². The fourth-order valence-corrected chi connectivity index (χ4v) is 3.66. The fraction of sp³-hybridized carbons (Fsp3) is 0.333. The van der Waals surface area contributed by atoms with E-state index in [1.165, 1.54) is 0 Å². The van der Waals surface area contributed by atoms with Crippen LogP contribution in [-0.2, 0) is 20.7 Å². The molecular weight excluding hydrogens is 366 g/mol. The van der Waals surface area contributed by atoms with Gasteiger partial charge in [0.1, 0.15) is 12.3 Å². The van der Waals surface area contributed by atoms with Crippen molar-refractivity contribution in [2.24, 2.45) is 0 Å². The van der Waals surface area contributed by atoms with Crippen LogP contribution in [-0.4, -0.2) is 43.6 Å². The van der Waals surface area contributed by atoms with Crippen LogP contribution in [0.2, 0.25) is 5.02 Å². The summed E-state index contributed by atoms with van der Waals surface area (Å²) in [4.78, 5) is 26.3. The molecule has 2 aromatic rings. The van der Waals surface area contributed by atoms with Gasteiger partial charge in [-0.05, 0) is 36.2 Å². The minimum Gasteiger partial charge on any atom is -0.496 e. The number of nitrogens with zero attached hydrogens (tertiary/aromatic N) is 1. The summed E-state index contributed by atoms with van der Waals surface area (Å²) >= 11 is 6.25. The van der Waals surface area contributed by atoms with Crippen molar-refractivity contribution in [2.45, 2.75) is 19.3 Å². The second kappa shape index (κ2) is 8.44. The number of esters is 1. The normalized spacial score (nSPS) is 16.5. The third kappa shape index (κ3) is 4.25. The third-order valence-corrected chi connectivity index (χ3v) is 4.96. The zero-order chi connectivity index (χ0) is 19.4. The third-order valence-electron chi connectivity index (χ3n) is 4.72. The second-order valence-electron chi connectivity index (χ2n) is 6.39. The lowest BCUT2D eigenvalue weighted by Gasteiger charge is -2.26. The van der Waals surface area contributed by atoms with E-state index in [0.717, 1.165) is 22.4 Å². The Kier molecular flexibility index (Phi) is 6.01. The van der Waals surface area contributed by atoms with Gasteiger partial charge in [0, 0.05) is 23.0 Å². The molecule has 3 rings (SSSR count). The molecule has 1 atom stereocenters. The van der Waals surface area contributed by atoms with Gasteiger partial charge in [0.05, 0.1) is 20.1 Å². The van der Waals surface area contributed by atoms with E-state index in [-0.39, 0.29) is 31.4 Å². The molecule has 2 aromatic carbocycles. The largest absolute Gasteiger partial charge is 0.496 e. The van der Waals surface area contributed by atoms with Gasteiger partial charge in [0.2, 0.25) is 5.91 Å². The zero-order valence-electron chi connectivity index (χ0n) is 15.4. The standard InChI is InChI=1S/C21H22ClNO4/c1-3-27-21(25)13-23-12-18(16-6-4-5-7-19(16)26-2)17-11-15(22)9-8-14(17)10-20(23)24/h4-9,11,18H,3,10,12-13H2,1-2H3. The molecule has 0 saturated heterocycles. The van der Waals surface area contributed by atoms with Gasteiger partial charge < -0.3 is 14.4 Å². The molecule has 1 heterocycles. The molecule has 0 aromatic heterocycles. The summed E-state index contributed by atoms with van der Waals surface area (Å²) in [5.41, 5.74) is 2.84. The van der Waals surface area contributed by atoms with Gasteiger partial charge in [-0.1, -0.05) is 35.9 Å². The van der Waals surface area contributed by atoms with E-state index >= 15 is 0 Å². The summed E-state index contributed by atoms with van der Waals surface area (Å²) in [5.74, 6) is 0.0622. The maximum atomic E-state index is 12.8. The Hall–Kier alpha value is -2.53. The molecule has 6 heteroatoms. The van der Waals surface area contributed by atoms with Crippen molar-refractivity contribution in [1.82, 2.24) is 4.90 Å². The molecule has 1 amide bonds. The first-order valence-electron chi connectivity index (χ1n) is 8.88. The minimum atomic E-state index is -0.409. The van der Waals surface area contributed by atoms with Crippen LogP contribution in [0.25, 0.3) is 0 Å². The summed E-state index contributed by atoms with van der Waals surface area (Å²) < 4.78 is 10.6. The molecule has 1 aliphatic heterocycles. The first-order valence-corrected chi connectivity index (χ1v) is 9.26. The SMILES string of the molecule is CCOC(=O)CN1CC(c2ccccc2OC)c2cc(Cl)ccc2CC1=O. The van der Waals surface area contributed by atoms with E-state index in [1.807, 2.05) is 36.4 Å². The van der Waals surface area contributed by atoms with Crippen LogP contribution in [0.3, 0.4) is 0 Å². The lowest BCUT2D eigenvalue weighted by atomic mass is 9.87. The predicted octanol–water partition coefficient (Wildman–Crippen LogP) is 3.43. The highest BCUT2D eigenvalue weighted by Gasteiger charge is 2.31. The van der Waals surface area contributed by atoms with Crippen LogP contribution in [0.15, 0.2) is 42.5 Å². The Balaban J connectivity index is 2.05. The first-order chi connectivity index (χ1) is 13.0. The van der Waals surface area contributed by atoms with Crippen LogP contribution in [0, 0.1) is 0 Å². The van der Waals surface area contributed by atoms with Crippen LogP contribution >= 0.6 is 11.6 Å². The average molecular weight is 388 g/mol. The van der Waals surface area contributed by atoms with E-state index < -0.39 is 5.97 Å². The lowest BCUT2D eigenvalue weighted by Crippen LogP contribution is -2.38. The number of carbonyl (C=O) groups is 2. The number of ether oxygens (including phenoxy) is 2. The fourth-order valence-electron chi connectivity index (χ4n) is 3.48. The molecule has 0 bridgehead atoms. The Bertz CT molecular complexity index is 852. The van der Waals surface area contributed by atoms with Crippen molar-refractivity contribution >= 4 is 23.5 Å². The highest BCUT2D eigenvalue weighted by Crippen LogP contribution is 2.37. The molecule has 27 heavy (non-hydrogen) atoms. The van der Waals surface area contributed by atoms with Gasteiger partial charge in [0.25, 0.3) is 0 Å². The molecule has 1 aliphatic rings. The smallest absolute Gasteiger partial charge is 0.325 e. The maximum Gasteiger partial charge on any atom is 0.325 e. The summed E-state index contributed by atoms with van der Waals surface area (Å²) in [6.07, 6.45) is 0.220. The number of carbonyl (C=O) groups excluding carboxylic acids is 2. The van der Waals surface area contributed by atoms with E-state index in [0.29, 0.717) is 11.6 Å². The quantitative estimate of drug-likeness (QED) is 0.737. The van der Waals surface area contributed by atoms with Gasteiger partial charge in [-0.25, -0.2) is 0 Å². The number of amides is 1. The number of benzene rings is 2. The van der Waals surface area contributed by atoms with Crippen molar-refractivity contribution in [3.63, 3.8) is 0 Å². The number of halogens is 1. The number of hydrogen-bond donors (Lipinski definition) is 0. The molecule has 142 valence electrons. The highest BCUT2D eigenvalue weighted by atomic mass is 35.5. The summed E-state index contributed by atoms with van der Waals surface area (Å²) in [7, 11) is 1.62. The van der Waals surface area contributed by atoms with Crippen molar-refractivity contribution in [1.29, 1.82) is 0 Å². The zero-order valence-corrected chi connectivity index (χ0v) is 16.2. The first kappa shape index (κ1) is 19.2. The van der Waals surface area contributed by atoms with Crippen LogP contribution < -0.4 is 4.74 Å². The summed E-state index contributed by atoms with van der Waals surface area (Å²) in [6, 6.07) is 13.3. The number of rotatable bonds is 5. The number of hydrogen-bond acceptors (Lipinski definition) is 4. The average Bonchev–Trinajstić information content (AvgIpc) is 2.79. The molecule has 0 N–H and O–H groups in total. The van der Waals surface area contributed by atoms with E-state index in [9.17, 15) is 9.59 Å². The van der Waals surface area contributed by atoms with Crippen molar-refractivity contribution in [3.05, 3.63) is 64.2 Å². The highest BCUT2D eigenvalue weighted by molar-refractivity contribution is 6.30. The molecule has 0 radical (unpaired) electrons. The van der Waals surface area contributed by atoms with Gasteiger partial charge >= 0.3 is 5.97 Å². The predicted molar refractivity (Wildman–Crippen MR) is 103 cm³/mol. The number of methoxy groups -OCH3 is 1. The molecule has 0 spiro atoms. The number of para-hydroxylation sites is 1. The monoisotopic (exact) mass is 387 g/mol. The van der Waals surface area contributed by atoms with Crippen LogP contribution in [0.4, 0.5) is 0 Å². The van der Waals surface area contributed by atoms with Gasteiger partial charge in [-0.3, -0.25) is 9.59 Å². The number of fused-ring (bicyclic) bond motifs is 1. The Morgan fingerprint density at radius 3 is 2.74 bits per heavy atom. The molecule has 1 unspecified atom stereocenters. The Labute approximate surface area is 163 Å². The summed E-state index contributed by atoms with van der Waals surface area (Å²) in [5, 5.41) is 0.611. The van der Waals surface area contributed by atoms with Crippen molar-refractivity contribution < 1.29 is 19.1 Å². The van der Waals surface area contributed by atoms with Crippen LogP contribution in [0.5, 0.6) is 5.75 Å². The Morgan fingerprint density at radius 2 is 2.00 bits per heavy atom. The van der Waals surface area contributed by atoms with E-state index in [2.05, 4.69) is 0 Å². The molecule has 0 fully saturated rings. The topological polar surface area (TPSA) is 55.8 Å². The van der Waals surface area contributed by atoms with Gasteiger partial charge in [-0.2, -0.15) is 0 Å². The van der Waals surface area contributed by atoms with Crippen LogP contribution in [0.1, 0.15) is 29.5 Å². The molecule has 5 nitrogen and oxygen atoms in total. The Morgan fingerprint density at radius 1 is 1.22 bits per heavy atom. The van der Waals surface area contributed by atoms with Gasteiger partial charge in [0.15, 0.2) is 0 Å². The minimum absolute atomic E-state index is 0.0694. The maximum absolute atomic E-state index is 12.8. The van der Waals surface area contributed by atoms with Crippen molar-refractivity contribution in [3.8, 4) is 5.75 Å². The van der Waals surface area contributed by atoms with Gasteiger partial charge in [-0.15, -0.1) is 0 Å². The molecule has 0 aliphatic carbocycles. The van der Waals surface area contributed by atoms with E-state index in [4.69, 9.17) is 21.1 Å². The molecule has 0 saturated carbocycles.